The van der Waals surface area contributed by atoms with Crippen molar-refractivity contribution in [3.8, 4) is 12.1 Å². The maximum absolute atomic E-state index is 13.6. The lowest BCUT2D eigenvalue weighted by molar-refractivity contribution is 0.203. The lowest BCUT2D eigenvalue weighted by atomic mass is 9.89. The number of nitriles is 2. The van der Waals surface area contributed by atoms with E-state index in [0.717, 1.165) is 41.0 Å². The summed E-state index contributed by atoms with van der Waals surface area (Å²) in [6.45, 7) is 1.02. The zero-order chi connectivity index (χ0) is 29.5. The molecular formula is C32H21Cl2F4N3. The van der Waals surface area contributed by atoms with E-state index in [0.29, 0.717) is 34.3 Å². The number of benzene rings is 4. The van der Waals surface area contributed by atoms with Gasteiger partial charge in [-0.3, -0.25) is 4.90 Å². The summed E-state index contributed by atoms with van der Waals surface area (Å²) in [6, 6.07) is 25.3. The average Bonchev–Trinajstić information content (AvgIpc) is 2.89. The number of likely N-dealkylation sites (tertiary alicyclic amines) is 1. The third-order valence-corrected chi connectivity index (χ3v) is 6.85. The highest BCUT2D eigenvalue weighted by Gasteiger charge is 2.32. The summed E-state index contributed by atoms with van der Waals surface area (Å²) in [5.74, 6) is -2.69. The van der Waals surface area contributed by atoms with Gasteiger partial charge in [0.15, 0.2) is 0 Å². The van der Waals surface area contributed by atoms with Crippen LogP contribution in [0, 0.1) is 45.9 Å². The zero-order valence-electron chi connectivity index (χ0n) is 21.4. The molecule has 0 amide bonds. The quantitative estimate of drug-likeness (QED) is 0.172. The van der Waals surface area contributed by atoms with Crippen LogP contribution in [0.15, 0.2) is 90.5 Å². The minimum absolute atomic E-state index is 0.0364. The molecule has 0 aliphatic carbocycles. The molecule has 206 valence electrons. The summed E-state index contributed by atoms with van der Waals surface area (Å²) in [7, 11) is 0. The Morgan fingerprint density at radius 1 is 0.707 bits per heavy atom. The van der Waals surface area contributed by atoms with Crippen LogP contribution in [0.3, 0.4) is 0 Å². The first-order chi connectivity index (χ1) is 19.7. The Morgan fingerprint density at radius 3 is 1.56 bits per heavy atom. The number of rotatable bonds is 5. The molecule has 4 aromatic carbocycles. The van der Waals surface area contributed by atoms with Crippen LogP contribution < -0.4 is 0 Å². The molecule has 3 nitrogen and oxygen atoms in total. The monoisotopic (exact) mass is 593 g/mol. The van der Waals surface area contributed by atoms with E-state index >= 15 is 0 Å². The number of hydrogen-bond donors (Lipinski definition) is 0. The molecule has 0 bridgehead atoms. The molecule has 0 N–H and O–H groups in total. The lowest BCUT2D eigenvalue weighted by Crippen LogP contribution is -2.43. The molecule has 1 saturated heterocycles. The van der Waals surface area contributed by atoms with E-state index in [-0.39, 0.29) is 18.0 Å². The first kappa shape index (κ1) is 29.8. The second kappa shape index (κ2) is 13.5. The van der Waals surface area contributed by atoms with Crippen molar-refractivity contribution in [3.63, 3.8) is 0 Å². The Morgan fingerprint density at radius 2 is 1.15 bits per heavy atom. The fourth-order valence-electron chi connectivity index (χ4n) is 4.54. The number of halogens is 6. The van der Waals surface area contributed by atoms with Crippen molar-refractivity contribution in [2.75, 3.05) is 13.1 Å². The molecule has 0 unspecified atom stereocenters. The van der Waals surface area contributed by atoms with Crippen LogP contribution in [0.2, 0.25) is 10.0 Å². The molecule has 9 heteroatoms. The number of nitrogens with zero attached hydrogens (tertiary/aromatic N) is 3. The molecule has 41 heavy (non-hydrogen) atoms. The van der Waals surface area contributed by atoms with Gasteiger partial charge in [0.1, 0.15) is 23.3 Å². The lowest BCUT2D eigenvalue weighted by Gasteiger charge is -2.41. The van der Waals surface area contributed by atoms with Gasteiger partial charge in [0.2, 0.25) is 0 Å². The largest absolute Gasteiger partial charge is 0.284 e. The van der Waals surface area contributed by atoms with Crippen molar-refractivity contribution in [1.82, 2.24) is 4.90 Å². The van der Waals surface area contributed by atoms with Crippen LogP contribution in [0.5, 0.6) is 0 Å². The molecule has 0 aromatic heterocycles. The molecule has 0 radical (unpaired) electrons. The molecule has 0 spiro atoms. The summed E-state index contributed by atoms with van der Waals surface area (Å²) < 4.78 is 52.0. The van der Waals surface area contributed by atoms with Crippen molar-refractivity contribution in [1.29, 1.82) is 10.5 Å². The van der Waals surface area contributed by atoms with E-state index in [1.807, 2.05) is 48.5 Å². The predicted octanol–water partition coefficient (Wildman–Crippen LogP) is 8.68. The van der Waals surface area contributed by atoms with Crippen LogP contribution in [-0.2, 0) is 6.42 Å². The smallest absolute Gasteiger partial charge is 0.126 e. The van der Waals surface area contributed by atoms with Crippen LogP contribution in [0.1, 0.15) is 28.3 Å². The van der Waals surface area contributed by atoms with Crippen molar-refractivity contribution in [3.05, 3.63) is 146 Å². The van der Waals surface area contributed by atoms with Gasteiger partial charge in [0.05, 0.1) is 30.2 Å². The Kier molecular flexibility index (Phi) is 9.81. The zero-order valence-corrected chi connectivity index (χ0v) is 22.9. The SMILES string of the molecule is N#CC(=C1CN(C(c2ccc(Cl)cc2)c2ccc(Cl)cc2)C1)c1cc(F)cc(F)c1.N#CCc1cc(F)cc(F)c1. The van der Waals surface area contributed by atoms with E-state index in [9.17, 15) is 22.8 Å². The molecule has 0 saturated carbocycles. The van der Waals surface area contributed by atoms with Gasteiger partial charge in [0, 0.05) is 35.3 Å². The van der Waals surface area contributed by atoms with Crippen LogP contribution in [0.25, 0.3) is 5.57 Å². The topological polar surface area (TPSA) is 50.8 Å². The van der Waals surface area contributed by atoms with Gasteiger partial charge in [-0.25, -0.2) is 17.6 Å². The molecule has 1 aliphatic heterocycles. The summed E-state index contributed by atoms with van der Waals surface area (Å²) >= 11 is 12.1. The van der Waals surface area contributed by atoms with Gasteiger partial charge >= 0.3 is 0 Å². The maximum Gasteiger partial charge on any atom is 0.126 e. The Hall–Kier alpha value is -4.14. The van der Waals surface area contributed by atoms with E-state index in [2.05, 4.69) is 11.0 Å². The molecule has 5 rings (SSSR count). The van der Waals surface area contributed by atoms with Gasteiger partial charge in [0.25, 0.3) is 0 Å². The van der Waals surface area contributed by atoms with Crippen molar-refractivity contribution >= 4 is 28.8 Å². The standard InChI is InChI=1S/C24H16Cl2F2N2.C8H5F2N/c25-19-5-1-15(2-6-19)24(16-3-7-20(26)8-4-16)30-13-18(14-30)23(12-29)17-9-21(27)11-22(28)10-17;9-7-3-6(1-2-11)4-8(10)5-7/h1-11,24H,13-14H2;3-5H,1H2. The van der Waals surface area contributed by atoms with Crippen molar-refractivity contribution in [2.24, 2.45) is 0 Å². The maximum atomic E-state index is 13.6. The van der Waals surface area contributed by atoms with Gasteiger partial charge in [-0.1, -0.05) is 47.5 Å². The third kappa shape index (κ3) is 7.74. The van der Waals surface area contributed by atoms with Crippen LogP contribution >= 0.6 is 23.2 Å². The summed E-state index contributed by atoms with van der Waals surface area (Å²) in [5, 5.41) is 19.1. The highest BCUT2D eigenvalue weighted by molar-refractivity contribution is 6.30. The van der Waals surface area contributed by atoms with Crippen molar-refractivity contribution in [2.45, 2.75) is 12.5 Å². The molecule has 4 aromatic rings. The first-order valence-corrected chi connectivity index (χ1v) is 13.1. The predicted molar refractivity (Wildman–Crippen MR) is 151 cm³/mol. The fraction of sp³-hybridized carbons (Fsp3) is 0.125. The third-order valence-electron chi connectivity index (χ3n) is 6.35. The molecule has 1 heterocycles. The molecule has 0 atom stereocenters. The first-order valence-electron chi connectivity index (χ1n) is 12.3. The Bertz CT molecular complexity index is 1560. The molecule has 1 aliphatic rings. The highest BCUT2D eigenvalue weighted by Crippen LogP contribution is 2.37. The summed E-state index contributed by atoms with van der Waals surface area (Å²) in [6.07, 6.45) is 0.0364. The minimum atomic E-state index is -0.699. The van der Waals surface area contributed by atoms with E-state index in [4.69, 9.17) is 28.5 Å². The van der Waals surface area contributed by atoms with Gasteiger partial charge in [-0.05, 0) is 76.4 Å². The van der Waals surface area contributed by atoms with Gasteiger partial charge in [-0.15, -0.1) is 0 Å². The van der Waals surface area contributed by atoms with E-state index < -0.39 is 23.3 Å². The van der Waals surface area contributed by atoms with Crippen LogP contribution in [-0.4, -0.2) is 18.0 Å². The highest BCUT2D eigenvalue weighted by atomic mass is 35.5. The second-order valence-electron chi connectivity index (χ2n) is 9.27. The summed E-state index contributed by atoms with van der Waals surface area (Å²) in [5.41, 5.74) is 3.89. The number of allylic oxidation sites excluding steroid dienone is 1. The van der Waals surface area contributed by atoms with E-state index in [1.165, 1.54) is 12.1 Å². The van der Waals surface area contributed by atoms with E-state index in [1.54, 1.807) is 6.07 Å². The average molecular weight is 594 g/mol. The Labute approximate surface area is 245 Å². The normalized spacial score (nSPS) is 12.6. The second-order valence-corrected chi connectivity index (χ2v) is 10.1. The van der Waals surface area contributed by atoms with Gasteiger partial charge < -0.3 is 0 Å². The van der Waals surface area contributed by atoms with Gasteiger partial charge in [-0.2, -0.15) is 10.5 Å². The fourth-order valence-corrected chi connectivity index (χ4v) is 4.79. The molecular weight excluding hydrogens is 573 g/mol. The molecule has 1 fully saturated rings. The van der Waals surface area contributed by atoms with Crippen LogP contribution in [0.4, 0.5) is 17.6 Å². The number of hydrogen-bond acceptors (Lipinski definition) is 3. The minimum Gasteiger partial charge on any atom is -0.284 e. The summed E-state index contributed by atoms with van der Waals surface area (Å²) in [4.78, 5) is 2.19. The Balaban J connectivity index is 0.000000296. The van der Waals surface area contributed by atoms with Crippen molar-refractivity contribution < 1.29 is 17.6 Å².